The van der Waals surface area contributed by atoms with E-state index in [9.17, 15) is 4.79 Å². The summed E-state index contributed by atoms with van der Waals surface area (Å²) < 4.78 is 5.22. The van der Waals surface area contributed by atoms with E-state index in [1.165, 1.54) is 38.5 Å². The van der Waals surface area contributed by atoms with Crippen molar-refractivity contribution in [1.29, 1.82) is 0 Å². The van der Waals surface area contributed by atoms with Crippen LogP contribution in [0.2, 0.25) is 0 Å². The normalized spacial score (nSPS) is 19.8. The maximum absolute atomic E-state index is 12.1. The maximum atomic E-state index is 12.1. The van der Waals surface area contributed by atoms with Crippen molar-refractivity contribution in [3.8, 4) is 0 Å². The molecule has 19 heavy (non-hydrogen) atoms. The van der Waals surface area contributed by atoms with E-state index in [2.05, 4.69) is 26.1 Å². The highest BCUT2D eigenvalue weighted by atomic mass is 16.5. The first-order chi connectivity index (χ1) is 8.92. The highest BCUT2D eigenvalue weighted by Crippen LogP contribution is 2.24. The number of rotatable bonds is 5. The molecule has 0 saturated heterocycles. The Hall–Kier alpha value is -0.570. The van der Waals surface area contributed by atoms with Crippen LogP contribution < -0.4 is 5.32 Å². The molecule has 1 aliphatic carbocycles. The van der Waals surface area contributed by atoms with E-state index in [-0.39, 0.29) is 17.4 Å². The third kappa shape index (κ3) is 6.95. The minimum Gasteiger partial charge on any atom is -0.465 e. The van der Waals surface area contributed by atoms with E-state index in [0.29, 0.717) is 12.6 Å². The summed E-state index contributed by atoms with van der Waals surface area (Å²) in [6.07, 6.45) is 8.46. The fraction of sp³-hybridized carbons (Fsp3) is 0.938. The van der Waals surface area contributed by atoms with Gasteiger partial charge in [0.15, 0.2) is 0 Å². The van der Waals surface area contributed by atoms with E-state index in [1.54, 1.807) is 0 Å². The summed E-state index contributed by atoms with van der Waals surface area (Å²) in [5, 5.41) is 3.56. The average Bonchev–Trinajstić information content (AvgIpc) is 2.55. The largest absolute Gasteiger partial charge is 0.465 e. The monoisotopic (exact) mass is 269 g/mol. The molecule has 1 N–H and O–H groups in total. The SMILES string of the molecule is CCOC(=O)C(CC(C)(C)C)NC1CCCCCC1. The molecule has 1 unspecified atom stereocenters. The van der Waals surface area contributed by atoms with Crippen LogP contribution in [0.3, 0.4) is 0 Å². The molecule has 112 valence electrons. The van der Waals surface area contributed by atoms with Crippen molar-refractivity contribution in [2.24, 2.45) is 5.41 Å². The van der Waals surface area contributed by atoms with E-state index in [4.69, 9.17) is 4.74 Å². The van der Waals surface area contributed by atoms with E-state index in [0.717, 1.165) is 6.42 Å². The van der Waals surface area contributed by atoms with Crippen molar-refractivity contribution in [3.05, 3.63) is 0 Å². The molecule has 1 atom stereocenters. The predicted octanol–water partition coefficient (Wildman–Crippen LogP) is 3.67. The van der Waals surface area contributed by atoms with Gasteiger partial charge in [0.25, 0.3) is 0 Å². The molecular weight excluding hydrogens is 238 g/mol. The van der Waals surface area contributed by atoms with Gasteiger partial charge in [-0.2, -0.15) is 0 Å². The van der Waals surface area contributed by atoms with Crippen LogP contribution in [0.5, 0.6) is 0 Å². The van der Waals surface area contributed by atoms with Gasteiger partial charge in [0.2, 0.25) is 0 Å². The molecule has 1 saturated carbocycles. The third-order valence-electron chi connectivity index (χ3n) is 3.68. The van der Waals surface area contributed by atoms with Gasteiger partial charge < -0.3 is 10.1 Å². The fourth-order valence-electron chi connectivity index (χ4n) is 2.80. The van der Waals surface area contributed by atoms with Crippen LogP contribution in [-0.4, -0.2) is 24.7 Å². The molecular formula is C16H31NO2. The first-order valence-electron chi connectivity index (χ1n) is 7.85. The summed E-state index contributed by atoms with van der Waals surface area (Å²) in [5.74, 6) is -0.0818. The van der Waals surface area contributed by atoms with Gasteiger partial charge in [0.05, 0.1) is 6.61 Å². The van der Waals surface area contributed by atoms with Crippen LogP contribution >= 0.6 is 0 Å². The van der Waals surface area contributed by atoms with Crippen molar-refractivity contribution < 1.29 is 9.53 Å². The van der Waals surface area contributed by atoms with Gasteiger partial charge in [0, 0.05) is 6.04 Å². The van der Waals surface area contributed by atoms with E-state index >= 15 is 0 Å². The number of carbonyl (C=O) groups excluding carboxylic acids is 1. The summed E-state index contributed by atoms with van der Waals surface area (Å²) in [4.78, 5) is 12.1. The molecule has 3 nitrogen and oxygen atoms in total. The molecule has 0 aliphatic heterocycles. The predicted molar refractivity (Wildman–Crippen MR) is 79.1 cm³/mol. The lowest BCUT2D eigenvalue weighted by Gasteiger charge is -2.29. The quantitative estimate of drug-likeness (QED) is 0.611. The van der Waals surface area contributed by atoms with Crippen LogP contribution in [0.15, 0.2) is 0 Å². The second kappa shape index (κ2) is 7.88. The molecule has 0 aromatic rings. The Bertz CT molecular complexity index is 262. The molecule has 0 radical (unpaired) electrons. The van der Waals surface area contributed by atoms with E-state index in [1.807, 2.05) is 6.92 Å². The summed E-state index contributed by atoms with van der Waals surface area (Å²) in [5.41, 5.74) is 0.134. The number of carbonyl (C=O) groups is 1. The number of hydrogen-bond acceptors (Lipinski definition) is 3. The lowest BCUT2D eigenvalue weighted by molar-refractivity contribution is -0.146. The molecule has 0 aromatic carbocycles. The molecule has 0 aromatic heterocycles. The van der Waals surface area contributed by atoms with Crippen LogP contribution in [0.25, 0.3) is 0 Å². The number of ether oxygens (including phenoxy) is 1. The fourth-order valence-corrected chi connectivity index (χ4v) is 2.80. The summed E-state index contributed by atoms with van der Waals surface area (Å²) in [7, 11) is 0. The van der Waals surface area contributed by atoms with Gasteiger partial charge in [-0.25, -0.2) is 0 Å². The zero-order valence-electron chi connectivity index (χ0n) is 13.1. The van der Waals surface area contributed by atoms with Gasteiger partial charge in [-0.05, 0) is 31.6 Å². The zero-order valence-corrected chi connectivity index (χ0v) is 13.1. The lowest BCUT2D eigenvalue weighted by atomic mass is 9.87. The maximum Gasteiger partial charge on any atom is 0.323 e. The Morgan fingerprint density at radius 3 is 2.26 bits per heavy atom. The number of nitrogens with one attached hydrogen (secondary N) is 1. The molecule has 1 fully saturated rings. The average molecular weight is 269 g/mol. The number of hydrogen-bond donors (Lipinski definition) is 1. The second-order valence-corrected chi connectivity index (χ2v) is 6.92. The van der Waals surface area contributed by atoms with Gasteiger partial charge >= 0.3 is 5.97 Å². The molecule has 0 amide bonds. The van der Waals surface area contributed by atoms with Gasteiger partial charge in [-0.15, -0.1) is 0 Å². The Kier molecular flexibility index (Phi) is 6.84. The lowest BCUT2D eigenvalue weighted by Crippen LogP contribution is -2.46. The van der Waals surface area contributed by atoms with Crippen molar-refractivity contribution in [2.75, 3.05) is 6.61 Å². The van der Waals surface area contributed by atoms with Crippen LogP contribution in [0, 0.1) is 5.41 Å². The first kappa shape index (κ1) is 16.5. The Morgan fingerprint density at radius 1 is 1.21 bits per heavy atom. The smallest absolute Gasteiger partial charge is 0.323 e. The first-order valence-corrected chi connectivity index (χ1v) is 7.85. The van der Waals surface area contributed by atoms with Gasteiger partial charge in [-0.3, -0.25) is 4.79 Å². The molecule has 0 heterocycles. The van der Waals surface area contributed by atoms with Crippen molar-refractivity contribution in [3.63, 3.8) is 0 Å². The summed E-state index contributed by atoms with van der Waals surface area (Å²) >= 11 is 0. The molecule has 3 heteroatoms. The molecule has 0 bridgehead atoms. The molecule has 1 rings (SSSR count). The van der Waals surface area contributed by atoms with Crippen LogP contribution in [0.4, 0.5) is 0 Å². The van der Waals surface area contributed by atoms with Gasteiger partial charge in [0.1, 0.15) is 6.04 Å². The third-order valence-corrected chi connectivity index (χ3v) is 3.68. The van der Waals surface area contributed by atoms with Crippen LogP contribution in [-0.2, 0) is 9.53 Å². The van der Waals surface area contributed by atoms with Crippen molar-refractivity contribution in [2.45, 2.75) is 84.7 Å². The summed E-state index contributed by atoms with van der Waals surface area (Å²) in [6.45, 7) is 8.86. The molecule has 1 aliphatic rings. The Labute approximate surface area is 118 Å². The molecule has 0 spiro atoms. The second-order valence-electron chi connectivity index (χ2n) is 6.92. The van der Waals surface area contributed by atoms with Crippen LogP contribution in [0.1, 0.15) is 72.6 Å². The van der Waals surface area contributed by atoms with E-state index < -0.39 is 0 Å². The van der Waals surface area contributed by atoms with Crippen molar-refractivity contribution >= 4 is 5.97 Å². The topological polar surface area (TPSA) is 38.3 Å². The minimum absolute atomic E-state index is 0.0818. The highest BCUT2D eigenvalue weighted by Gasteiger charge is 2.28. The Morgan fingerprint density at radius 2 is 1.79 bits per heavy atom. The minimum atomic E-state index is -0.150. The Balaban J connectivity index is 2.58. The summed E-state index contributed by atoms with van der Waals surface area (Å²) in [6, 6.07) is 0.335. The number of esters is 1. The van der Waals surface area contributed by atoms with Gasteiger partial charge in [-0.1, -0.05) is 46.5 Å². The highest BCUT2D eigenvalue weighted by molar-refractivity contribution is 5.75. The zero-order chi connectivity index (χ0) is 14.3. The standard InChI is InChI=1S/C16H31NO2/c1-5-19-15(18)14(12-16(2,3)4)17-13-10-8-6-7-9-11-13/h13-14,17H,5-12H2,1-4H3. The van der Waals surface area contributed by atoms with Crippen molar-refractivity contribution in [1.82, 2.24) is 5.32 Å².